The van der Waals surface area contributed by atoms with Gasteiger partial charge in [0.15, 0.2) is 0 Å². The van der Waals surface area contributed by atoms with Crippen molar-refractivity contribution in [2.24, 2.45) is 0 Å². The maximum atomic E-state index is 13.4. The van der Waals surface area contributed by atoms with Crippen molar-refractivity contribution in [2.45, 2.75) is 26.4 Å². The van der Waals surface area contributed by atoms with Crippen molar-refractivity contribution < 1.29 is 9.50 Å². The Kier molecular flexibility index (Phi) is 3.88. The van der Waals surface area contributed by atoms with Crippen LogP contribution in [0.5, 0.6) is 5.75 Å². The van der Waals surface area contributed by atoms with E-state index < -0.39 is 5.82 Å². The number of nitrogens with one attached hydrogen (secondary N) is 1. The molecule has 0 fully saturated rings. The van der Waals surface area contributed by atoms with Crippen LogP contribution in [0.3, 0.4) is 0 Å². The van der Waals surface area contributed by atoms with Gasteiger partial charge in [-0.05, 0) is 25.5 Å². The van der Waals surface area contributed by atoms with Gasteiger partial charge in [0.2, 0.25) is 0 Å². The van der Waals surface area contributed by atoms with Crippen LogP contribution in [0.4, 0.5) is 4.39 Å². The van der Waals surface area contributed by atoms with Gasteiger partial charge in [0, 0.05) is 30.8 Å². The average molecular weight is 324 g/mol. The first-order chi connectivity index (χ1) is 10.4. The summed E-state index contributed by atoms with van der Waals surface area (Å²) in [6.45, 7) is 3.19. The minimum Gasteiger partial charge on any atom is -0.506 e. The Morgan fingerprint density at radius 1 is 1.50 bits per heavy atom. The molecule has 1 aliphatic heterocycles. The minimum atomic E-state index is -0.486. The fraction of sp³-hybridized carbons (Fsp3) is 0.333. The molecule has 116 valence electrons. The third-order valence-electron chi connectivity index (χ3n) is 3.77. The number of nitrogens with zero attached hydrogens (tertiary/aromatic N) is 2. The Balaban J connectivity index is 1.86. The molecule has 0 saturated carbocycles. The van der Waals surface area contributed by atoms with Crippen LogP contribution >= 0.6 is 11.6 Å². The fourth-order valence-electron chi connectivity index (χ4n) is 2.73. The average Bonchev–Trinajstić information content (AvgIpc) is 2.43. The van der Waals surface area contributed by atoms with Gasteiger partial charge >= 0.3 is 0 Å². The molecule has 0 spiro atoms. The third-order valence-corrected chi connectivity index (χ3v) is 4.06. The zero-order valence-corrected chi connectivity index (χ0v) is 12.7. The molecule has 7 heteroatoms. The maximum absolute atomic E-state index is 13.4. The predicted octanol–water partition coefficient (Wildman–Crippen LogP) is 2.13. The van der Waals surface area contributed by atoms with Crippen LogP contribution in [-0.4, -0.2) is 26.5 Å². The van der Waals surface area contributed by atoms with E-state index in [2.05, 4.69) is 9.97 Å². The van der Waals surface area contributed by atoms with Gasteiger partial charge in [-0.1, -0.05) is 11.6 Å². The summed E-state index contributed by atoms with van der Waals surface area (Å²) in [6, 6.07) is 2.35. The van der Waals surface area contributed by atoms with Crippen LogP contribution in [0.25, 0.3) is 0 Å². The summed E-state index contributed by atoms with van der Waals surface area (Å²) in [6.07, 6.45) is 0.571. The summed E-state index contributed by atoms with van der Waals surface area (Å²) in [5, 5.41) is 9.94. The van der Waals surface area contributed by atoms with E-state index >= 15 is 0 Å². The molecule has 0 bridgehead atoms. The molecular formula is C15H15ClFN3O2. The molecule has 2 aromatic rings. The Morgan fingerprint density at radius 2 is 2.27 bits per heavy atom. The summed E-state index contributed by atoms with van der Waals surface area (Å²) in [4.78, 5) is 20.9. The summed E-state index contributed by atoms with van der Waals surface area (Å²) in [7, 11) is 0. The number of hydrogen-bond acceptors (Lipinski definition) is 4. The monoisotopic (exact) mass is 323 g/mol. The second-order valence-corrected chi connectivity index (χ2v) is 5.84. The summed E-state index contributed by atoms with van der Waals surface area (Å²) >= 11 is 5.79. The summed E-state index contributed by atoms with van der Waals surface area (Å²) in [5.74, 6) is -0.0215. The molecule has 1 aromatic heterocycles. The lowest BCUT2D eigenvalue weighted by Crippen LogP contribution is -2.35. The molecule has 1 aliphatic rings. The molecule has 0 amide bonds. The van der Waals surface area contributed by atoms with Gasteiger partial charge in [0.25, 0.3) is 5.56 Å². The van der Waals surface area contributed by atoms with Crippen molar-refractivity contribution >= 4 is 11.6 Å². The highest BCUT2D eigenvalue weighted by molar-refractivity contribution is 6.32. The number of benzene rings is 1. The highest BCUT2D eigenvalue weighted by Crippen LogP contribution is 2.30. The topological polar surface area (TPSA) is 69.2 Å². The fourth-order valence-corrected chi connectivity index (χ4v) is 2.96. The SMILES string of the molecule is Cc1nc2c(c(=O)[nH]1)CCN(Cc1cc(F)cc(Cl)c1O)C2. The van der Waals surface area contributed by atoms with Gasteiger partial charge in [0.05, 0.1) is 10.7 Å². The van der Waals surface area contributed by atoms with Gasteiger partial charge in [-0.25, -0.2) is 9.37 Å². The Labute approximate surface area is 131 Å². The number of aromatic amines is 1. The van der Waals surface area contributed by atoms with Crippen molar-refractivity contribution in [3.8, 4) is 5.75 Å². The van der Waals surface area contributed by atoms with E-state index in [0.29, 0.717) is 43.0 Å². The first-order valence-corrected chi connectivity index (χ1v) is 7.29. The molecule has 2 heterocycles. The molecule has 0 radical (unpaired) electrons. The van der Waals surface area contributed by atoms with Crippen molar-refractivity contribution in [2.75, 3.05) is 6.54 Å². The number of aryl methyl sites for hydroxylation is 1. The van der Waals surface area contributed by atoms with Gasteiger partial charge < -0.3 is 10.1 Å². The molecule has 3 rings (SSSR count). The van der Waals surface area contributed by atoms with Crippen LogP contribution in [0.15, 0.2) is 16.9 Å². The van der Waals surface area contributed by atoms with E-state index in [4.69, 9.17) is 11.6 Å². The molecule has 0 saturated heterocycles. The van der Waals surface area contributed by atoms with Crippen LogP contribution in [0, 0.1) is 12.7 Å². The Bertz CT molecular complexity index is 791. The number of phenols is 1. The number of phenolic OH excluding ortho intramolecular Hbond substituents is 1. The third kappa shape index (κ3) is 2.84. The molecule has 2 N–H and O–H groups in total. The lowest BCUT2D eigenvalue weighted by molar-refractivity contribution is 0.237. The van der Waals surface area contributed by atoms with Crippen LogP contribution in [0.1, 0.15) is 22.6 Å². The molecule has 1 aromatic carbocycles. The summed E-state index contributed by atoms with van der Waals surface area (Å²) < 4.78 is 13.4. The first-order valence-electron chi connectivity index (χ1n) is 6.92. The quantitative estimate of drug-likeness (QED) is 0.888. The highest BCUT2D eigenvalue weighted by atomic mass is 35.5. The van der Waals surface area contributed by atoms with Gasteiger partial charge in [-0.3, -0.25) is 9.69 Å². The highest BCUT2D eigenvalue weighted by Gasteiger charge is 2.22. The van der Waals surface area contributed by atoms with Crippen molar-refractivity contribution in [1.82, 2.24) is 14.9 Å². The smallest absolute Gasteiger partial charge is 0.254 e. The zero-order chi connectivity index (χ0) is 15.9. The lowest BCUT2D eigenvalue weighted by atomic mass is 10.1. The predicted molar refractivity (Wildman–Crippen MR) is 80.5 cm³/mol. The first kappa shape index (κ1) is 15.0. The number of halogens is 2. The second-order valence-electron chi connectivity index (χ2n) is 5.43. The van der Waals surface area contributed by atoms with E-state index in [1.165, 1.54) is 6.07 Å². The molecule has 0 unspecified atom stereocenters. The second kappa shape index (κ2) is 5.70. The largest absolute Gasteiger partial charge is 0.506 e. The van der Waals surface area contributed by atoms with E-state index in [1.807, 2.05) is 4.90 Å². The van der Waals surface area contributed by atoms with Gasteiger partial charge in [-0.2, -0.15) is 0 Å². The van der Waals surface area contributed by atoms with Crippen molar-refractivity contribution in [3.05, 3.63) is 56.0 Å². The van der Waals surface area contributed by atoms with Gasteiger partial charge in [-0.15, -0.1) is 0 Å². The summed E-state index contributed by atoms with van der Waals surface area (Å²) in [5.41, 5.74) is 1.76. The minimum absolute atomic E-state index is 0.00202. The lowest BCUT2D eigenvalue weighted by Gasteiger charge is -2.27. The number of rotatable bonds is 2. The molecule has 0 atom stereocenters. The molecule has 22 heavy (non-hydrogen) atoms. The molecule has 5 nitrogen and oxygen atoms in total. The van der Waals surface area contributed by atoms with Crippen LogP contribution in [-0.2, 0) is 19.5 Å². The number of aromatic hydroxyl groups is 1. The number of H-pyrrole nitrogens is 1. The van der Waals surface area contributed by atoms with E-state index in [1.54, 1.807) is 6.92 Å². The van der Waals surface area contributed by atoms with Crippen molar-refractivity contribution in [1.29, 1.82) is 0 Å². The van der Waals surface area contributed by atoms with E-state index in [-0.39, 0.29) is 16.3 Å². The number of hydrogen-bond donors (Lipinski definition) is 2. The zero-order valence-electron chi connectivity index (χ0n) is 12.0. The van der Waals surface area contributed by atoms with Gasteiger partial charge in [0.1, 0.15) is 17.4 Å². The number of aromatic nitrogens is 2. The van der Waals surface area contributed by atoms with E-state index in [0.717, 1.165) is 11.8 Å². The van der Waals surface area contributed by atoms with Crippen LogP contribution < -0.4 is 5.56 Å². The molecule has 0 aliphatic carbocycles. The molecular weight excluding hydrogens is 309 g/mol. The standard InChI is InChI=1S/C15H15ClFN3O2/c1-8-18-13-7-20(3-2-11(13)15(22)19-8)6-9-4-10(17)5-12(16)14(9)21/h4-5,21H,2-3,6-7H2,1H3,(H,18,19,22). The number of fused-ring (bicyclic) bond motifs is 1. The maximum Gasteiger partial charge on any atom is 0.254 e. The Morgan fingerprint density at radius 3 is 3.05 bits per heavy atom. The normalized spacial score (nSPS) is 14.9. The Hall–Kier alpha value is -1.92. The van der Waals surface area contributed by atoms with Crippen molar-refractivity contribution in [3.63, 3.8) is 0 Å². The van der Waals surface area contributed by atoms with E-state index in [9.17, 15) is 14.3 Å². The van der Waals surface area contributed by atoms with Crippen LogP contribution in [0.2, 0.25) is 5.02 Å².